The first-order valence-electron chi connectivity index (χ1n) is 8.07. The van der Waals surface area contributed by atoms with Gasteiger partial charge in [-0.05, 0) is 6.42 Å². The molecule has 1 rings (SSSR count). The van der Waals surface area contributed by atoms with Crippen LogP contribution in [0.1, 0.15) is 76.7 Å². The van der Waals surface area contributed by atoms with Crippen molar-refractivity contribution in [2.75, 3.05) is 0 Å². The van der Waals surface area contributed by atoms with Gasteiger partial charge in [0.25, 0.3) is 0 Å². The summed E-state index contributed by atoms with van der Waals surface area (Å²) >= 11 is 0. The number of hydrogen-bond donors (Lipinski definition) is 2. The van der Waals surface area contributed by atoms with E-state index in [9.17, 15) is 4.79 Å². The summed E-state index contributed by atoms with van der Waals surface area (Å²) < 4.78 is 0. The second kappa shape index (κ2) is 11.5. The number of aromatic nitrogens is 2. The fourth-order valence-electron chi connectivity index (χ4n) is 2.26. The van der Waals surface area contributed by atoms with Crippen molar-refractivity contribution in [2.45, 2.75) is 77.7 Å². The Morgan fingerprint density at radius 2 is 1.75 bits per heavy atom. The van der Waals surface area contributed by atoms with Gasteiger partial charge < -0.3 is 5.32 Å². The first kappa shape index (κ1) is 16.7. The number of H-pyrrole nitrogens is 1. The summed E-state index contributed by atoms with van der Waals surface area (Å²) in [5, 5.41) is 9.49. The minimum atomic E-state index is 0.147. The lowest BCUT2D eigenvalue weighted by molar-refractivity contribution is -0.121. The summed E-state index contributed by atoms with van der Waals surface area (Å²) in [5.74, 6) is 0.147. The van der Waals surface area contributed by atoms with Crippen LogP contribution in [0.25, 0.3) is 0 Å². The molecule has 0 aliphatic carbocycles. The fraction of sp³-hybridized carbons (Fsp3) is 0.750. The van der Waals surface area contributed by atoms with Crippen LogP contribution in [0.2, 0.25) is 0 Å². The highest BCUT2D eigenvalue weighted by Crippen LogP contribution is 2.10. The third kappa shape index (κ3) is 8.73. The Bertz CT molecular complexity index is 336. The third-order valence-electron chi connectivity index (χ3n) is 3.55. The summed E-state index contributed by atoms with van der Waals surface area (Å²) in [6, 6.07) is 0. The number of aromatic amines is 1. The molecule has 2 N–H and O–H groups in total. The molecule has 0 atom stereocenters. The molecule has 0 aromatic carbocycles. The normalized spacial score (nSPS) is 10.7. The lowest BCUT2D eigenvalue weighted by Gasteiger charge is -2.04. The van der Waals surface area contributed by atoms with Crippen molar-refractivity contribution in [3.05, 3.63) is 18.0 Å². The Hall–Kier alpha value is -1.32. The van der Waals surface area contributed by atoms with E-state index in [1.54, 1.807) is 12.4 Å². The van der Waals surface area contributed by atoms with E-state index in [4.69, 9.17) is 0 Å². The molecule has 4 nitrogen and oxygen atoms in total. The first-order valence-corrected chi connectivity index (χ1v) is 8.07. The van der Waals surface area contributed by atoms with Crippen LogP contribution in [-0.2, 0) is 11.3 Å². The molecule has 0 fully saturated rings. The van der Waals surface area contributed by atoms with Crippen LogP contribution >= 0.6 is 0 Å². The topological polar surface area (TPSA) is 57.8 Å². The molecule has 0 unspecified atom stereocenters. The molecular formula is C16H29N3O. The van der Waals surface area contributed by atoms with Crippen LogP contribution in [0.15, 0.2) is 12.4 Å². The maximum atomic E-state index is 11.6. The average Bonchev–Trinajstić information content (AvgIpc) is 2.96. The molecule has 4 heteroatoms. The van der Waals surface area contributed by atoms with Gasteiger partial charge in [-0.15, -0.1) is 0 Å². The molecule has 1 aromatic heterocycles. The maximum Gasteiger partial charge on any atom is 0.220 e. The lowest BCUT2D eigenvalue weighted by Crippen LogP contribution is -2.22. The van der Waals surface area contributed by atoms with Crippen LogP contribution in [0.5, 0.6) is 0 Å². The monoisotopic (exact) mass is 279 g/mol. The molecule has 1 heterocycles. The molecule has 20 heavy (non-hydrogen) atoms. The summed E-state index contributed by atoms with van der Waals surface area (Å²) in [6.45, 7) is 2.82. The first-order chi connectivity index (χ1) is 9.83. The van der Waals surface area contributed by atoms with Crippen LogP contribution in [0.4, 0.5) is 0 Å². The Kier molecular flexibility index (Phi) is 9.62. The number of hydrogen-bond acceptors (Lipinski definition) is 2. The molecule has 0 spiro atoms. The molecule has 0 saturated heterocycles. The van der Waals surface area contributed by atoms with Crippen molar-refractivity contribution in [1.82, 2.24) is 15.5 Å². The van der Waals surface area contributed by atoms with Crippen LogP contribution in [-0.4, -0.2) is 16.1 Å². The third-order valence-corrected chi connectivity index (χ3v) is 3.55. The number of amides is 1. The standard InChI is InChI=1S/C16H29N3O/c1-2-3-4-5-6-7-8-9-10-11-16(20)17-12-15-13-18-19-14-15/h13-14H,2-12H2,1H3,(H,17,20)(H,18,19). The molecular weight excluding hydrogens is 250 g/mol. The predicted octanol–water partition coefficient (Wildman–Crippen LogP) is 3.95. The summed E-state index contributed by atoms with van der Waals surface area (Å²) in [6.07, 6.45) is 15.7. The zero-order valence-electron chi connectivity index (χ0n) is 12.8. The SMILES string of the molecule is CCCCCCCCCCCC(=O)NCc1cn[nH]c1. The minimum Gasteiger partial charge on any atom is -0.352 e. The van der Waals surface area contributed by atoms with Crippen molar-refractivity contribution in [2.24, 2.45) is 0 Å². The number of nitrogens with zero attached hydrogens (tertiary/aromatic N) is 1. The average molecular weight is 279 g/mol. The van der Waals surface area contributed by atoms with Gasteiger partial charge in [-0.2, -0.15) is 5.10 Å². The number of rotatable bonds is 12. The van der Waals surface area contributed by atoms with E-state index < -0.39 is 0 Å². The van der Waals surface area contributed by atoms with Gasteiger partial charge in [0.2, 0.25) is 5.91 Å². The van der Waals surface area contributed by atoms with Gasteiger partial charge in [-0.3, -0.25) is 9.89 Å². The summed E-state index contributed by atoms with van der Waals surface area (Å²) in [5.41, 5.74) is 1.02. The minimum absolute atomic E-state index is 0.147. The highest BCUT2D eigenvalue weighted by Gasteiger charge is 2.01. The van der Waals surface area contributed by atoms with Gasteiger partial charge >= 0.3 is 0 Å². The highest BCUT2D eigenvalue weighted by atomic mass is 16.1. The Morgan fingerprint density at radius 3 is 2.35 bits per heavy atom. The summed E-state index contributed by atoms with van der Waals surface area (Å²) in [7, 11) is 0. The maximum absolute atomic E-state index is 11.6. The molecule has 1 aromatic rings. The van der Waals surface area contributed by atoms with E-state index in [-0.39, 0.29) is 5.91 Å². The van der Waals surface area contributed by atoms with Gasteiger partial charge in [0.1, 0.15) is 0 Å². The quantitative estimate of drug-likeness (QED) is 0.569. The molecule has 0 radical (unpaired) electrons. The van der Waals surface area contributed by atoms with Crippen molar-refractivity contribution in [1.29, 1.82) is 0 Å². The Balaban J connectivity index is 1.84. The lowest BCUT2D eigenvalue weighted by atomic mass is 10.1. The molecule has 114 valence electrons. The van der Waals surface area contributed by atoms with Gasteiger partial charge in [0.05, 0.1) is 6.20 Å². The van der Waals surface area contributed by atoms with E-state index in [1.165, 1.54) is 51.4 Å². The van der Waals surface area contributed by atoms with Gasteiger partial charge in [0.15, 0.2) is 0 Å². The summed E-state index contributed by atoms with van der Waals surface area (Å²) in [4.78, 5) is 11.6. The van der Waals surface area contributed by atoms with E-state index in [1.807, 2.05) is 0 Å². The van der Waals surface area contributed by atoms with Crippen molar-refractivity contribution >= 4 is 5.91 Å². The van der Waals surface area contributed by atoms with Gasteiger partial charge in [0, 0.05) is 24.7 Å². The van der Waals surface area contributed by atoms with E-state index in [0.29, 0.717) is 13.0 Å². The Labute approximate surface area is 122 Å². The van der Waals surface area contributed by atoms with E-state index >= 15 is 0 Å². The number of carbonyl (C=O) groups excluding carboxylic acids is 1. The van der Waals surface area contributed by atoms with Crippen molar-refractivity contribution < 1.29 is 4.79 Å². The molecule has 0 aliphatic rings. The smallest absolute Gasteiger partial charge is 0.220 e. The molecule has 0 bridgehead atoms. The predicted molar refractivity (Wildman–Crippen MR) is 82.3 cm³/mol. The van der Waals surface area contributed by atoms with Crippen LogP contribution in [0.3, 0.4) is 0 Å². The number of unbranched alkanes of at least 4 members (excludes halogenated alkanes) is 8. The molecule has 0 aliphatic heterocycles. The van der Waals surface area contributed by atoms with E-state index in [0.717, 1.165) is 12.0 Å². The van der Waals surface area contributed by atoms with Crippen molar-refractivity contribution in [3.8, 4) is 0 Å². The van der Waals surface area contributed by atoms with Gasteiger partial charge in [-0.25, -0.2) is 0 Å². The fourth-order valence-corrected chi connectivity index (χ4v) is 2.26. The zero-order chi connectivity index (χ0) is 14.5. The number of carbonyl (C=O) groups is 1. The van der Waals surface area contributed by atoms with E-state index in [2.05, 4.69) is 22.4 Å². The van der Waals surface area contributed by atoms with Crippen LogP contribution in [0, 0.1) is 0 Å². The molecule has 0 saturated carbocycles. The second-order valence-corrected chi connectivity index (χ2v) is 5.46. The zero-order valence-corrected chi connectivity index (χ0v) is 12.8. The van der Waals surface area contributed by atoms with Gasteiger partial charge in [-0.1, -0.05) is 58.3 Å². The number of nitrogens with one attached hydrogen (secondary N) is 2. The van der Waals surface area contributed by atoms with Crippen LogP contribution < -0.4 is 5.32 Å². The largest absolute Gasteiger partial charge is 0.352 e. The Morgan fingerprint density at radius 1 is 1.10 bits per heavy atom. The highest BCUT2D eigenvalue weighted by molar-refractivity contribution is 5.75. The second-order valence-electron chi connectivity index (χ2n) is 5.46. The molecule has 1 amide bonds. The van der Waals surface area contributed by atoms with Crippen molar-refractivity contribution in [3.63, 3.8) is 0 Å².